The van der Waals surface area contributed by atoms with Gasteiger partial charge in [0.05, 0.1) is 12.1 Å². The molecule has 4 heteroatoms. The molecule has 0 aromatic carbocycles. The fourth-order valence-electron chi connectivity index (χ4n) is 1.26. The number of aromatic nitrogens is 2. The minimum atomic E-state index is 0.144. The molecule has 2 rings (SSSR count). The van der Waals surface area contributed by atoms with E-state index in [9.17, 15) is 4.79 Å². The van der Waals surface area contributed by atoms with Gasteiger partial charge in [0, 0.05) is 23.3 Å². The van der Waals surface area contributed by atoms with Gasteiger partial charge in [-0.15, -0.1) is 11.3 Å². The van der Waals surface area contributed by atoms with Crippen molar-refractivity contribution in [1.82, 2.24) is 9.97 Å². The van der Waals surface area contributed by atoms with Crippen molar-refractivity contribution >= 4 is 17.1 Å². The van der Waals surface area contributed by atoms with E-state index in [1.54, 1.807) is 19.3 Å². The predicted molar refractivity (Wildman–Crippen MR) is 59.7 cm³/mol. The first-order valence-corrected chi connectivity index (χ1v) is 5.48. The Kier molecular flexibility index (Phi) is 2.87. The first kappa shape index (κ1) is 9.98. The molecule has 2 aromatic rings. The number of Topliss-reactive ketones (excluding diaryl/α,β-unsaturated/α-hetero) is 1. The summed E-state index contributed by atoms with van der Waals surface area (Å²) < 4.78 is 0. The van der Waals surface area contributed by atoms with Gasteiger partial charge >= 0.3 is 0 Å². The van der Waals surface area contributed by atoms with Crippen LogP contribution in [0.3, 0.4) is 0 Å². The van der Waals surface area contributed by atoms with Crippen molar-refractivity contribution < 1.29 is 4.79 Å². The second-order valence-corrected chi connectivity index (χ2v) is 4.18. The van der Waals surface area contributed by atoms with Crippen molar-refractivity contribution in [2.24, 2.45) is 0 Å². The van der Waals surface area contributed by atoms with Crippen LogP contribution in [0, 0.1) is 0 Å². The van der Waals surface area contributed by atoms with Crippen molar-refractivity contribution in [2.75, 3.05) is 0 Å². The Bertz CT molecular complexity index is 464. The SMILES string of the molecule is CC(=O)Cc1nc(-c2ccncc2)cs1. The molecule has 0 aliphatic carbocycles. The summed E-state index contributed by atoms with van der Waals surface area (Å²) in [5.74, 6) is 0.144. The largest absolute Gasteiger partial charge is 0.300 e. The maximum absolute atomic E-state index is 10.9. The molecule has 0 atom stereocenters. The molecule has 0 aliphatic rings. The number of nitrogens with zero attached hydrogens (tertiary/aromatic N) is 2. The molecule has 0 spiro atoms. The van der Waals surface area contributed by atoms with E-state index in [0.717, 1.165) is 16.3 Å². The maximum atomic E-state index is 10.9. The summed E-state index contributed by atoms with van der Waals surface area (Å²) >= 11 is 1.52. The zero-order valence-corrected chi connectivity index (χ0v) is 9.12. The zero-order chi connectivity index (χ0) is 10.7. The highest BCUT2D eigenvalue weighted by molar-refractivity contribution is 7.10. The second kappa shape index (κ2) is 4.31. The topological polar surface area (TPSA) is 42.9 Å². The van der Waals surface area contributed by atoms with Crippen LogP contribution in [0.4, 0.5) is 0 Å². The fraction of sp³-hybridized carbons (Fsp3) is 0.182. The van der Waals surface area contributed by atoms with Gasteiger partial charge in [0.25, 0.3) is 0 Å². The first-order chi connectivity index (χ1) is 7.25. The Hall–Kier alpha value is -1.55. The van der Waals surface area contributed by atoms with Crippen molar-refractivity contribution in [1.29, 1.82) is 0 Å². The van der Waals surface area contributed by atoms with Crippen molar-refractivity contribution in [3.8, 4) is 11.3 Å². The number of ketones is 1. The van der Waals surface area contributed by atoms with Gasteiger partial charge in [0.2, 0.25) is 0 Å². The van der Waals surface area contributed by atoms with Crippen molar-refractivity contribution in [3.05, 3.63) is 34.9 Å². The van der Waals surface area contributed by atoms with E-state index in [1.807, 2.05) is 17.5 Å². The highest BCUT2D eigenvalue weighted by Gasteiger charge is 2.05. The van der Waals surface area contributed by atoms with E-state index in [-0.39, 0.29) is 5.78 Å². The molecule has 0 unspecified atom stereocenters. The molecule has 0 radical (unpaired) electrons. The lowest BCUT2D eigenvalue weighted by molar-refractivity contribution is -0.116. The molecule has 2 aromatic heterocycles. The summed E-state index contributed by atoms with van der Waals surface area (Å²) in [6, 6.07) is 3.82. The Morgan fingerprint density at radius 2 is 2.13 bits per heavy atom. The van der Waals surface area contributed by atoms with Crippen LogP contribution in [0.2, 0.25) is 0 Å². The highest BCUT2D eigenvalue weighted by atomic mass is 32.1. The van der Waals surface area contributed by atoms with Gasteiger partial charge in [0.1, 0.15) is 10.8 Å². The second-order valence-electron chi connectivity index (χ2n) is 3.24. The third-order valence-corrected chi connectivity index (χ3v) is 2.78. The quantitative estimate of drug-likeness (QED) is 0.794. The summed E-state index contributed by atoms with van der Waals surface area (Å²) in [5, 5.41) is 2.84. The minimum absolute atomic E-state index is 0.144. The monoisotopic (exact) mass is 218 g/mol. The third kappa shape index (κ3) is 2.47. The maximum Gasteiger partial charge on any atom is 0.136 e. The molecule has 15 heavy (non-hydrogen) atoms. The summed E-state index contributed by atoms with van der Waals surface area (Å²) in [5.41, 5.74) is 1.95. The zero-order valence-electron chi connectivity index (χ0n) is 8.30. The summed E-state index contributed by atoms with van der Waals surface area (Å²) in [6.07, 6.45) is 3.90. The van der Waals surface area contributed by atoms with Gasteiger partial charge in [-0.1, -0.05) is 0 Å². The average molecular weight is 218 g/mol. The number of carbonyl (C=O) groups excluding carboxylic acids is 1. The lowest BCUT2D eigenvalue weighted by Crippen LogP contribution is -1.95. The highest BCUT2D eigenvalue weighted by Crippen LogP contribution is 2.21. The summed E-state index contributed by atoms with van der Waals surface area (Å²) in [7, 11) is 0. The predicted octanol–water partition coefficient (Wildman–Crippen LogP) is 2.34. The number of pyridine rings is 1. The van der Waals surface area contributed by atoms with Gasteiger partial charge in [-0.2, -0.15) is 0 Å². The number of rotatable bonds is 3. The van der Waals surface area contributed by atoms with Gasteiger partial charge < -0.3 is 0 Å². The van der Waals surface area contributed by atoms with Crippen LogP contribution < -0.4 is 0 Å². The number of carbonyl (C=O) groups is 1. The third-order valence-electron chi connectivity index (χ3n) is 1.93. The molecular formula is C11H10N2OS. The van der Waals surface area contributed by atoms with E-state index < -0.39 is 0 Å². The Morgan fingerprint density at radius 3 is 2.80 bits per heavy atom. The lowest BCUT2D eigenvalue weighted by atomic mass is 10.2. The molecule has 2 heterocycles. The number of thiazole rings is 1. The van der Waals surface area contributed by atoms with Crippen LogP contribution in [0.15, 0.2) is 29.9 Å². The van der Waals surface area contributed by atoms with Crippen LogP contribution in [0.25, 0.3) is 11.3 Å². The molecule has 0 amide bonds. The smallest absolute Gasteiger partial charge is 0.136 e. The molecule has 0 saturated heterocycles. The summed E-state index contributed by atoms with van der Waals surface area (Å²) in [6.45, 7) is 1.58. The number of hydrogen-bond donors (Lipinski definition) is 0. The Balaban J connectivity index is 2.24. The van der Waals surface area contributed by atoms with E-state index in [2.05, 4.69) is 9.97 Å². The van der Waals surface area contributed by atoms with E-state index in [1.165, 1.54) is 11.3 Å². The molecule has 0 N–H and O–H groups in total. The lowest BCUT2D eigenvalue weighted by Gasteiger charge is -1.93. The van der Waals surface area contributed by atoms with Gasteiger partial charge in [0.15, 0.2) is 0 Å². The number of hydrogen-bond acceptors (Lipinski definition) is 4. The van der Waals surface area contributed by atoms with Crippen molar-refractivity contribution in [2.45, 2.75) is 13.3 Å². The molecule has 0 fully saturated rings. The average Bonchev–Trinajstić information content (AvgIpc) is 2.67. The van der Waals surface area contributed by atoms with Crippen LogP contribution in [-0.2, 0) is 11.2 Å². The fourth-order valence-corrected chi connectivity index (χ4v) is 2.13. The Morgan fingerprint density at radius 1 is 1.40 bits per heavy atom. The molecule has 3 nitrogen and oxygen atoms in total. The van der Waals surface area contributed by atoms with Gasteiger partial charge in [-0.25, -0.2) is 4.98 Å². The first-order valence-electron chi connectivity index (χ1n) is 4.60. The van der Waals surface area contributed by atoms with E-state index in [0.29, 0.717) is 6.42 Å². The van der Waals surface area contributed by atoms with E-state index >= 15 is 0 Å². The molecule has 0 saturated carbocycles. The van der Waals surface area contributed by atoms with Gasteiger partial charge in [-0.05, 0) is 19.1 Å². The molecular weight excluding hydrogens is 208 g/mol. The van der Waals surface area contributed by atoms with Gasteiger partial charge in [-0.3, -0.25) is 9.78 Å². The molecule has 0 bridgehead atoms. The Labute approximate surface area is 91.8 Å². The van der Waals surface area contributed by atoms with E-state index in [4.69, 9.17) is 0 Å². The standard InChI is InChI=1S/C11H10N2OS/c1-8(14)6-11-13-10(7-15-11)9-2-4-12-5-3-9/h2-5,7H,6H2,1H3. The minimum Gasteiger partial charge on any atom is -0.300 e. The van der Waals surface area contributed by atoms with Crippen molar-refractivity contribution in [3.63, 3.8) is 0 Å². The summed E-state index contributed by atoms with van der Waals surface area (Å²) in [4.78, 5) is 19.3. The normalized spacial score (nSPS) is 10.2. The van der Waals surface area contributed by atoms with Crippen LogP contribution in [0.1, 0.15) is 11.9 Å². The molecule has 0 aliphatic heterocycles. The van der Waals surface area contributed by atoms with Crippen LogP contribution in [0.5, 0.6) is 0 Å². The molecule has 76 valence electrons. The van der Waals surface area contributed by atoms with Crippen LogP contribution >= 0.6 is 11.3 Å². The van der Waals surface area contributed by atoms with Crippen LogP contribution in [-0.4, -0.2) is 15.8 Å².